The summed E-state index contributed by atoms with van der Waals surface area (Å²) in [7, 11) is 1.28. The van der Waals surface area contributed by atoms with Crippen LogP contribution in [0.25, 0.3) is 6.08 Å². The highest BCUT2D eigenvalue weighted by Crippen LogP contribution is 2.15. The van der Waals surface area contributed by atoms with Gasteiger partial charge in [0.1, 0.15) is 5.82 Å². The van der Waals surface area contributed by atoms with E-state index in [9.17, 15) is 14.0 Å². The van der Waals surface area contributed by atoms with Crippen molar-refractivity contribution in [2.45, 2.75) is 13.3 Å². The van der Waals surface area contributed by atoms with E-state index in [2.05, 4.69) is 4.74 Å². The molecular weight excluding hydrogens is 223 g/mol. The molecule has 17 heavy (non-hydrogen) atoms. The summed E-state index contributed by atoms with van der Waals surface area (Å²) in [6.07, 6.45) is 3.02. The monoisotopic (exact) mass is 236 g/mol. The first kappa shape index (κ1) is 13.1. The summed E-state index contributed by atoms with van der Waals surface area (Å²) in [4.78, 5) is 21.9. The van der Waals surface area contributed by atoms with Crippen molar-refractivity contribution in [2.24, 2.45) is 0 Å². The van der Waals surface area contributed by atoms with E-state index in [0.717, 1.165) is 0 Å². The van der Waals surface area contributed by atoms with Gasteiger partial charge in [0.05, 0.1) is 19.1 Å². The fraction of sp³-hybridized carbons (Fsp3) is 0.231. The van der Waals surface area contributed by atoms with E-state index >= 15 is 0 Å². The van der Waals surface area contributed by atoms with Crippen molar-refractivity contribution >= 4 is 17.8 Å². The Labute approximate surface area is 98.9 Å². The summed E-state index contributed by atoms with van der Waals surface area (Å²) in [6.45, 7) is 1.31. The molecule has 3 nitrogen and oxygen atoms in total. The molecule has 0 saturated carbocycles. The second kappa shape index (κ2) is 5.94. The van der Waals surface area contributed by atoms with Gasteiger partial charge in [-0.15, -0.1) is 0 Å². The van der Waals surface area contributed by atoms with Gasteiger partial charge in [0.15, 0.2) is 5.78 Å². The highest BCUT2D eigenvalue weighted by atomic mass is 19.1. The average molecular weight is 236 g/mol. The standard InChI is InChI=1S/C13H13FO3/c1-9(15)11-7-3-5-10(13(11)14)6-4-8-12(16)17-2/h3-7H,8H2,1-2H3. The summed E-state index contributed by atoms with van der Waals surface area (Å²) in [5, 5.41) is 0. The van der Waals surface area contributed by atoms with Gasteiger partial charge in [0.2, 0.25) is 0 Å². The Morgan fingerprint density at radius 2 is 2.12 bits per heavy atom. The van der Waals surface area contributed by atoms with Crippen LogP contribution in [0.15, 0.2) is 24.3 Å². The first-order valence-corrected chi connectivity index (χ1v) is 5.09. The van der Waals surface area contributed by atoms with Crippen LogP contribution in [0.5, 0.6) is 0 Å². The second-order valence-electron chi connectivity index (χ2n) is 3.45. The number of hydrogen-bond acceptors (Lipinski definition) is 3. The van der Waals surface area contributed by atoms with E-state index < -0.39 is 11.8 Å². The van der Waals surface area contributed by atoms with Gasteiger partial charge in [-0.1, -0.05) is 24.3 Å². The number of methoxy groups -OCH3 is 1. The molecule has 4 heteroatoms. The minimum absolute atomic E-state index is 0.0465. The molecule has 0 saturated heterocycles. The van der Waals surface area contributed by atoms with Crippen LogP contribution in [0, 0.1) is 5.82 Å². The summed E-state index contributed by atoms with van der Waals surface area (Å²) in [5.74, 6) is -1.30. The molecule has 0 N–H and O–H groups in total. The van der Waals surface area contributed by atoms with Gasteiger partial charge in [-0.25, -0.2) is 4.39 Å². The summed E-state index contributed by atoms with van der Waals surface area (Å²) < 4.78 is 18.2. The SMILES string of the molecule is COC(=O)CC=Cc1cccc(C(C)=O)c1F. The minimum atomic E-state index is -0.568. The highest BCUT2D eigenvalue weighted by molar-refractivity contribution is 5.95. The largest absolute Gasteiger partial charge is 0.469 e. The van der Waals surface area contributed by atoms with Gasteiger partial charge in [-0.3, -0.25) is 9.59 Å². The minimum Gasteiger partial charge on any atom is -0.469 e. The van der Waals surface area contributed by atoms with Crippen molar-refractivity contribution in [2.75, 3.05) is 7.11 Å². The van der Waals surface area contributed by atoms with Crippen molar-refractivity contribution < 1.29 is 18.7 Å². The van der Waals surface area contributed by atoms with Crippen LogP contribution in [0.4, 0.5) is 4.39 Å². The molecule has 0 aliphatic carbocycles. The molecule has 1 aromatic rings. The molecule has 0 radical (unpaired) electrons. The third kappa shape index (κ3) is 3.52. The molecule has 0 aliphatic heterocycles. The molecule has 0 aromatic heterocycles. The number of rotatable bonds is 4. The van der Waals surface area contributed by atoms with Crippen LogP contribution >= 0.6 is 0 Å². The van der Waals surface area contributed by atoms with E-state index in [4.69, 9.17) is 0 Å². The molecule has 1 aromatic carbocycles. The number of ether oxygens (including phenoxy) is 1. The van der Waals surface area contributed by atoms with Crippen molar-refractivity contribution in [3.8, 4) is 0 Å². The Kier molecular flexibility index (Phi) is 4.57. The number of halogens is 1. The zero-order valence-electron chi connectivity index (χ0n) is 9.70. The first-order valence-electron chi connectivity index (χ1n) is 5.09. The van der Waals surface area contributed by atoms with Crippen molar-refractivity contribution in [3.63, 3.8) is 0 Å². The Morgan fingerprint density at radius 1 is 1.41 bits per heavy atom. The molecular formula is C13H13FO3. The van der Waals surface area contributed by atoms with Gasteiger partial charge in [-0.2, -0.15) is 0 Å². The van der Waals surface area contributed by atoms with E-state index in [1.807, 2.05) is 0 Å². The highest BCUT2D eigenvalue weighted by Gasteiger charge is 2.09. The van der Waals surface area contributed by atoms with Crippen molar-refractivity contribution in [1.29, 1.82) is 0 Å². The molecule has 0 heterocycles. The summed E-state index contributed by atoms with van der Waals surface area (Å²) in [5.41, 5.74) is 0.326. The molecule has 0 amide bonds. The van der Waals surface area contributed by atoms with Gasteiger partial charge >= 0.3 is 5.97 Å². The Balaban J connectivity index is 2.89. The van der Waals surface area contributed by atoms with Crippen LogP contribution in [-0.4, -0.2) is 18.9 Å². The smallest absolute Gasteiger partial charge is 0.309 e. The maximum absolute atomic E-state index is 13.7. The number of ketones is 1. The predicted octanol–water partition coefficient (Wildman–Crippen LogP) is 2.60. The van der Waals surface area contributed by atoms with Crippen LogP contribution < -0.4 is 0 Å². The Hall–Kier alpha value is -1.97. The lowest BCUT2D eigenvalue weighted by Gasteiger charge is -2.01. The number of Topliss-reactive ketones (excluding diaryl/α,β-unsaturated/α-hetero) is 1. The molecule has 0 unspecified atom stereocenters. The first-order chi connectivity index (χ1) is 8.06. The van der Waals surface area contributed by atoms with Crippen LogP contribution in [0.1, 0.15) is 29.3 Å². The number of carbonyl (C=O) groups excluding carboxylic acids is 2. The molecule has 0 atom stereocenters. The third-order valence-electron chi connectivity index (χ3n) is 2.22. The third-order valence-corrected chi connectivity index (χ3v) is 2.22. The van der Waals surface area contributed by atoms with Crippen LogP contribution in [0.3, 0.4) is 0 Å². The van der Waals surface area contributed by atoms with Crippen molar-refractivity contribution in [3.05, 3.63) is 41.2 Å². The average Bonchev–Trinajstić information content (AvgIpc) is 2.30. The molecule has 0 spiro atoms. The molecule has 90 valence electrons. The Bertz CT molecular complexity index is 464. The fourth-order valence-electron chi connectivity index (χ4n) is 1.32. The predicted molar refractivity (Wildman–Crippen MR) is 62.1 cm³/mol. The maximum atomic E-state index is 13.7. The van der Waals surface area contributed by atoms with E-state index in [1.165, 1.54) is 38.3 Å². The molecule has 1 rings (SSSR count). The van der Waals surface area contributed by atoms with E-state index in [-0.39, 0.29) is 23.3 Å². The number of benzene rings is 1. The van der Waals surface area contributed by atoms with Gasteiger partial charge in [0.25, 0.3) is 0 Å². The lowest BCUT2D eigenvalue weighted by Crippen LogP contribution is -1.99. The molecule has 0 fully saturated rings. The maximum Gasteiger partial charge on any atom is 0.309 e. The van der Waals surface area contributed by atoms with Gasteiger partial charge in [0, 0.05) is 5.56 Å². The van der Waals surface area contributed by atoms with Crippen LogP contribution in [0.2, 0.25) is 0 Å². The topological polar surface area (TPSA) is 43.4 Å². The van der Waals surface area contributed by atoms with E-state index in [0.29, 0.717) is 0 Å². The lowest BCUT2D eigenvalue weighted by atomic mass is 10.1. The quantitative estimate of drug-likeness (QED) is 0.596. The summed E-state index contributed by atoms with van der Waals surface area (Å²) >= 11 is 0. The number of carbonyl (C=O) groups is 2. The van der Waals surface area contributed by atoms with Crippen molar-refractivity contribution in [1.82, 2.24) is 0 Å². The zero-order chi connectivity index (χ0) is 12.8. The molecule has 0 aliphatic rings. The Morgan fingerprint density at radius 3 is 2.71 bits per heavy atom. The second-order valence-corrected chi connectivity index (χ2v) is 3.45. The molecule has 0 bridgehead atoms. The lowest BCUT2D eigenvalue weighted by molar-refractivity contribution is -0.139. The summed E-state index contributed by atoms with van der Waals surface area (Å²) in [6, 6.07) is 4.56. The zero-order valence-corrected chi connectivity index (χ0v) is 9.70. The number of esters is 1. The number of hydrogen-bond donors (Lipinski definition) is 0. The van der Waals surface area contributed by atoms with E-state index in [1.54, 1.807) is 6.07 Å². The van der Waals surface area contributed by atoms with Crippen LogP contribution in [-0.2, 0) is 9.53 Å². The fourth-order valence-corrected chi connectivity index (χ4v) is 1.32. The van der Waals surface area contributed by atoms with Gasteiger partial charge < -0.3 is 4.74 Å². The van der Waals surface area contributed by atoms with Gasteiger partial charge in [-0.05, 0) is 13.0 Å². The normalized spacial score (nSPS) is 10.5.